The van der Waals surface area contributed by atoms with E-state index in [2.05, 4.69) is 43.1 Å². The first-order chi connectivity index (χ1) is 14.9. The summed E-state index contributed by atoms with van der Waals surface area (Å²) in [5.74, 6) is 2.16. The Hall–Kier alpha value is -2.57. The summed E-state index contributed by atoms with van der Waals surface area (Å²) in [6, 6.07) is 8.21. The molecule has 1 aliphatic heterocycles. The van der Waals surface area contributed by atoms with E-state index >= 15 is 0 Å². The second kappa shape index (κ2) is 9.28. The molecule has 1 N–H and O–H groups in total. The van der Waals surface area contributed by atoms with E-state index in [1.807, 2.05) is 19.1 Å². The van der Waals surface area contributed by atoms with Gasteiger partial charge in [-0.1, -0.05) is 13.8 Å². The van der Waals surface area contributed by atoms with Crippen LogP contribution < -0.4 is 5.32 Å². The van der Waals surface area contributed by atoms with E-state index in [9.17, 15) is 4.79 Å². The Morgan fingerprint density at radius 1 is 1.16 bits per heavy atom. The average molecular weight is 425 g/mol. The van der Waals surface area contributed by atoms with Crippen molar-refractivity contribution in [2.24, 2.45) is 0 Å². The van der Waals surface area contributed by atoms with Crippen molar-refractivity contribution in [1.82, 2.24) is 10.2 Å². The standard InChI is InChI=1S/C25H32N2O4/c1-16(2)20-13-21-19(15-30-24(21)11-17(20)3)12-25(28)26-14-22(23-6-5-18(4)31-23)27-7-9-29-10-8-27/h5-6,11,13,15-16,22H,7-10,12,14H2,1-4H3,(H,26,28)/t22-/m0/s1. The number of carbonyl (C=O) groups excluding carboxylic acids is 1. The van der Waals surface area contributed by atoms with Crippen LogP contribution in [0.5, 0.6) is 0 Å². The lowest BCUT2D eigenvalue weighted by Crippen LogP contribution is -2.43. The number of morpholine rings is 1. The maximum Gasteiger partial charge on any atom is 0.224 e. The Kier molecular flexibility index (Phi) is 6.49. The number of furan rings is 2. The van der Waals surface area contributed by atoms with Crippen LogP contribution in [0.4, 0.5) is 0 Å². The Bertz CT molecular complexity index is 1040. The van der Waals surface area contributed by atoms with Gasteiger partial charge in [0.25, 0.3) is 0 Å². The van der Waals surface area contributed by atoms with E-state index in [0.29, 0.717) is 32.1 Å². The van der Waals surface area contributed by atoms with Crippen molar-refractivity contribution in [2.75, 3.05) is 32.8 Å². The van der Waals surface area contributed by atoms with Crippen LogP contribution in [-0.2, 0) is 16.0 Å². The molecule has 1 fully saturated rings. The monoisotopic (exact) mass is 424 g/mol. The van der Waals surface area contributed by atoms with E-state index in [0.717, 1.165) is 41.1 Å². The van der Waals surface area contributed by atoms with Crippen molar-refractivity contribution in [3.63, 3.8) is 0 Å². The highest BCUT2D eigenvalue weighted by atomic mass is 16.5. The van der Waals surface area contributed by atoms with Gasteiger partial charge in [-0.3, -0.25) is 9.69 Å². The number of benzene rings is 1. The maximum absolute atomic E-state index is 12.8. The Morgan fingerprint density at radius 3 is 2.61 bits per heavy atom. The molecule has 0 bridgehead atoms. The lowest BCUT2D eigenvalue weighted by molar-refractivity contribution is -0.120. The summed E-state index contributed by atoms with van der Waals surface area (Å²) in [6.45, 7) is 11.9. The SMILES string of the molecule is Cc1ccc([C@H](CNC(=O)Cc2coc3cc(C)c(C(C)C)cc23)N2CCOCC2)o1. The third-order valence-corrected chi connectivity index (χ3v) is 6.08. The highest BCUT2D eigenvalue weighted by Gasteiger charge is 2.26. The van der Waals surface area contributed by atoms with Gasteiger partial charge in [0.15, 0.2) is 0 Å². The Morgan fingerprint density at radius 2 is 1.94 bits per heavy atom. The van der Waals surface area contributed by atoms with E-state index in [4.69, 9.17) is 13.6 Å². The number of carbonyl (C=O) groups is 1. The fourth-order valence-electron chi connectivity index (χ4n) is 4.38. The summed E-state index contributed by atoms with van der Waals surface area (Å²) >= 11 is 0. The van der Waals surface area contributed by atoms with Gasteiger partial charge in [-0.05, 0) is 55.2 Å². The zero-order valence-corrected chi connectivity index (χ0v) is 18.9. The average Bonchev–Trinajstić information content (AvgIpc) is 3.34. The molecule has 31 heavy (non-hydrogen) atoms. The second-order valence-corrected chi connectivity index (χ2v) is 8.71. The van der Waals surface area contributed by atoms with Crippen molar-refractivity contribution in [2.45, 2.75) is 46.1 Å². The van der Waals surface area contributed by atoms with Crippen LogP contribution in [0, 0.1) is 13.8 Å². The highest BCUT2D eigenvalue weighted by molar-refractivity contribution is 5.88. The number of fused-ring (bicyclic) bond motifs is 1. The lowest BCUT2D eigenvalue weighted by atomic mass is 9.95. The molecule has 6 heteroatoms. The number of amides is 1. The number of aryl methyl sites for hydroxylation is 2. The van der Waals surface area contributed by atoms with Crippen molar-refractivity contribution >= 4 is 16.9 Å². The quantitative estimate of drug-likeness (QED) is 0.605. The molecular formula is C25H32N2O4. The van der Waals surface area contributed by atoms with Crippen molar-refractivity contribution in [1.29, 1.82) is 0 Å². The molecule has 166 valence electrons. The van der Waals surface area contributed by atoms with Gasteiger partial charge in [0, 0.05) is 30.6 Å². The summed E-state index contributed by atoms with van der Waals surface area (Å²) in [6.07, 6.45) is 2.00. The third-order valence-electron chi connectivity index (χ3n) is 6.08. The number of rotatable bonds is 7. The number of nitrogens with zero attached hydrogens (tertiary/aromatic N) is 1. The van der Waals surface area contributed by atoms with Crippen molar-refractivity contribution in [3.8, 4) is 0 Å². The zero-order valence-electron chi connectivity index (χ0n) is 18.9. The molecule has 1 aromatic carbocycles. The van der Waals surface area contributed by atoms with Gasteiger partial charge < -0.3 is 18.9 Å². The lowest BCUT2D eigenvalue weighted by Gasteiger charge is -2.33. The number of nitrogens with one attached hydrogen (secondary N) is 1. The van der Waals surface area contributed by atoms with E-state index < -0.39 is 0 Å². The Balaban J connectivity index is 1.46. The topological polar surface area (TPSA) is 67.9 Å². The smallest absolute Gasteiger partial charge is 0.224 e. The molecule has 3 aromatic rings. The number of hydrogen-bond donors (Lipinski definition) is 1. The van der Waals surface area contributed by atoms with Crippen LogP contribution >= 0.6 is 0 Å². The van der Waals surface area contributed by atoms with Gasteiger partial charge in [0.2, 0.25) is 5.91 Å². The molecule has 1 saturated heterocycles. The molecule has 1 atom stereocenters. The summed E-state index contributed by atoms with van der Waals surface area (Å²) in [5.41, 5.74) is 4.26. The molecule has 6 nitrogen and oxygen atoms in total. The van der Waals surface area contributed by atoms with Gasteiger partial charge in [0.1, 0.15) is 17.1 Å². The fraction of sp³-hybridized carbons (Fsp3) is 0.480. The predicted molar refractivity (Wildman–Crippen MR) is 120 cm³/mol. The molecule has 1 amide bonds. The molecule has 0 spiro atoms. The van der Waals surface area contributed by atoms with Crippen molar-refractivity contribution < 1.29 is 18.4 Å². The van der Waals surface area contributed by atoms with E-state index in [1.54, 1.807) is 6.26 Å². The van der Waals surface area contributed by atoms with Crippen LogP contribution in [-0.4, -0.2) is 43.7 Å². The first-order valence-corrected chi connectivity index (χ1v) is 11.1. The number of ether oxygens (including phenoxy) is 1. The number of hydrogen-bond acceptors (Lipinski definition) is 5. The minimum absolute atomic E-state index is 0.00200. The van der Waals surface area contributed by atoms with Gasteiger partial charge >= 0.3 is 0 Å². The van der Waals surface area contributed by atoms with Crippen LogP contribution in [0.25, 0.3) is 11.0 Å². The second-order valence-electron chi connectivity index (χ2n) is 8.71. The van der Waals surface area contributed by atoms with Crippen LogP contribution in [0.1, 0.15) is 54.0 Å². The van der Waals surface area contributed by atoms with Crippen LogP contribution in [0.15, 0.2) is 39.4 Å². The molecule has 2 aromatic heterocycles. The molecule has 0 saturated carbocycles. The van der Waals surface area contributed by atoms with Crippen molar-refractivity contribution in [3.05, 3.63) is 58.7 Å². The molecule has 3 heterocycles. The van der Waals surface area contributed by atoms with Gasteiger partial charge in [-0.25, -0.2) is 0 Å². The normalized spacial score (nSPS) is 16.2. The minimum Gasteiger partial charge on any atom is -0.465 e. The van der Waals surface area contributed by atoms with Crippen LogP contribution in [0.2, 0.25) is 0 Å². The fourth-order valence-corrected chi connectivity index (χ4v) is 4.38. The largest absolute Gasteiger partial charge is 0.465 e. The zero-order chi connectivity index (χ0) is 22.0. The summed E-state index contributed by atoms with van der Waals surface area (Å²) < 4.78 is 17.1. The minimum atomic E-state index is -0.0177. The molecule has 1 aliphatic rings. The summed E-state index contributed by atoms with van der Waals surface area (Å²) in [5, 5.41) is 4.14. The molecule has 0 unspecified atom stereocenters. The maximum atomic E-state index is 12.8. The van der Waals surface area contributed by atoms with Gasteiger partial charge in [-0.2, -0.15) is 0 Å². The molecule has 0 aliphatic carbocycles. The van der Waals surface area contributed by atoms with Gasteiger partial charge in [-0.15, -0.1) is 0 Å². The summed E-state index contributed by atoms with van der Waals surface area (Å²) in [7, 11) is 0. The first kappa shape index (κ1) is 21.7. The van der Waals surface area contributed by atoms with E-state index in [-0.39, 0.29) is 11.9 Å². The molecule has 4 rings (SSSR count). The van der Waals surface area contributed by atoms with Gasteiger partial charge in [0.05, 0.1) is 31.9 Å². The molecule has 0 radical (unpaired) electrons. The Labute approximate surface area is 183 Å². The van der Waals surface area contributed by atoms with Crippen LogP contribution in [0.3, 0.4) is 0 Å². The highest BCUT2D eigenvalue weighted by Crippen LogP contribution is 2.29. The summed E-state index contributed by atoms with van der Waals surface area (Å²) in [4.78, 5) is 15.1. The van der Waals surface area contributed by atoms with E-state index in [1.165, 1.54) is 11.1 Å². The predicted octanol–water partition coefficient (Wildman–Crippen LogP) is 4.50. The first-order valence-electron chi connectivity index (χ1n) is 11.1. The third kappa shape index (κ3) is 4.86. The molecular weight excluding hydrogens is 392 g/mol.